The van der Waals surface area contributed by atoms with Gasteiger partial charge in [0.15, 0.2) is 0 Å². The van der Waals surface area contributed by atoms with Gasteiger partial charge < -0.3 is 5.32 Å². The van der Waals surface area contributed by atoms with Gasteiger partial charge in [-0.15, -0.1) is 12.4 Å². The lowest BCUT2D eigenvalue weighted by molar-refractivity contribution is 0.337. The average Bonchev–Trinajstić information content (AvgIpc) is 2.22. The first-order valence-electron chi connectivity index (χ1n) is 6.02. The summed E-state index contributed by atoms with van der Waals surface area (Å²) in [5, 5.41) is 3.28. The molecular formula is C10H24ClN3O2S. The van der Waals surface area contributed by atoms with Gasteiger partial charge in [-0.25, -0.2) is 0 Å². The molecule has 1 aliphatic heterocycles. The highest BCUT2D eigenvalue weighted by atomic mass is 35.5. The maximum Gasteiger partial charge on any atom is 0.279 e. The Hall–Kier alpha value is 0.120. The zero-order valence-electron chi connectivity index (χ0n) is 10.8. The van der Waals surface area contributed by atoms with Crippen LogP contribution in [0, 0.1) is 0 Å². The third kappa shape index (κ3) is 4.71. The van der Waals surface area contributed by atoms with E-state index in [1.807, 2.05) is 20.8 Å². The summed E-state index contributed by atoms with van der Waals surface area (Å²) >= 11 is 0. The fraction of sp³-hybridized carbons (Fsp3) is 1.00. The van der Waals surface area contributed by atoms with Gasteiger partial charge in [0.25, 0.3) is 10.2 Å². The number of nitrogens with one attached hydrogen (secondary N) is 2. The maximum absolute atomic E-state index is 12.0. The van der Waals surface area contributed by atoms with Gasteiger partial charge in [-0.1, -0.05) is 13.8 Å². The monoisotopic (exact) mass is 285 g/mol. The van der Waals surface area contributed by atoms with Crippen LogP contribution in [-0.4, -0.2) is 44.4 Å². The van der Waals surface area contributed by atoms with Crippen LogP contribution < -0.4 is 10.0 Å². The van der Waals surface area contributed by atoms with Crippen molar-refractivity contribution in [3.05, 3.63) is 0 Å². The van der Waals surface area contributed by atoms with Crippen molar-refractivity contribution in [1.82, 2.24) is 14.3 Å². The molecular weight excluding hydrogens is 262 g/mol. The van der Waals surface area contributed by atoms with Crippen molar-refractivity contribution < 1.29 is 8.42 Å². The molecule has 1 rings (SSSR count). The molecule has 0 aromatic carbocycles. The average molecular weight is 286 g/mol. The van der Waals surface area contributed by atoms with E-state index < -0.39 is 10.2 Å². The lowest BCUT2D eigenvalue weighted by Gasteiger charge is -2.32. The zero-order chi connectivity index (χ0) is 12.2. The maximum atomic E-state index is 12.0. The molecule has 104 valence electrons. The fourth-order valence-corrected chi connectivity index (χ4v) is 3.57. The second-order valence-corrected chi connectivity index (χ2v) is 5.90. The first kappa shape index (κ1) is 17.1. The van der Waals surface area contributed by atoms with E-state index in [1.165, 1.54) is 4.31 Å². The molecule has 17 heavy (non-hydrogen) atoms. The van der Waals surface area contributed by atoms with Crippen molar-refractivity contribution in [1.29, 1.82) is 0 Å². The summed E-state index contributed by atoms with van der Waals surface area (Å²) in [6.45, 7) is 7.73. The molecule has 0 aromatic rings. The lowest BCUT2D eigenvalue weighted by Crippen LogP contribution is -2.54. The molecule has 5 nitrogen and oxygen atoms in total. The molecule has 2 atom stereocenters. The summed E-state index contributed by atoms with van der Waals surface area (Å²) in [5.74, 6) is 0. The lowest BCUT2D eigenvalue weighted by atomic mass is 10.0. The second-order valence-electron chi connectivity index (χ2n) is 4.20. The van der Waals surface area contributed by atoms with Crippen LogP contribution >= 0.6 is 12.4 Å². The summed E-state index contributed by atoms with van der Waals surface area (Å²) in [6, 6.07) is 0.221. The van der Waals surface area contributed by atoms with Crippen LogP contribution in [0.15, 0.2) is 0 Å². The second kappa shape index (κ2) is 7.53. The fourth-order valence-electron chi connectivity index (χ4n) is 2.03. The minimum absolute atomic E-state index is 0. The van der Waals surface area contributed by atoms with Crippen LogP contribution in [0.1, 0.15) is 33.6 Å². The predicted octanol–water partition coefficient (Wildman–Crippen LogP) is 0.725. The molecule has 0 spiro atoms. The van der Waals surface area contributed by atoms with Crippen molar-refractivity contribution in [3.63, 3.8) is 0 Å². The molecule has 0 aromatic heterocycles. The van der Waals surface area contributed by atoms with E-state index in [0.717, 1.165) is 19.4 Å². The van der Waals surface area contributed by atoms with Crippen molar-refractivity contribution in [2.24, 2.45) is 0 Å². The van der Waals surface area contributed by atoms with Gasteiger partial charge in [0.1, 0.15) is 0 Å². The highest BCUT2D eigenvalue weighted by molar-refractivity contribution is 7.87. The molecule has 0 radical (unpaired) electrons. The number of rotatable bonds is 5. The highest BCUT2D eigenvalue weighted by Crippen LogP contribution is 2.10. The normalized spacial score (nSPS) is 25.6. The van der Waals surface area contributed by atoms with Crippen LogP contribution in [0.3, 0.4) is 0 Å². The van der Waals surface area contributed by atoms with E-state index in [0.29, 0.717) is 13.1 Å². The van der Waals surface area contributed by atoms with Gasteiger partial charge in [0, 0.05) is 25.2 Å². The minimum Gasteiger partial charge on any atom is -0.313 e. The van der Waals surface area contributed by atoms with Crippen molar-refractivity contribution >= 4 is 22.6 Å². The van der Waals surface area contributed by atoms with E-state index in [2.05, 4.69) is 10.0 Å². The number of hydrogen-bond acceptors (Lipinski definition) is 3. The van der Waals surface area contributed by atoms with Crippen molar-refractivity contribution in [2.45, 2.75) is 45.7 Å². The molecule has 1 aliphatic rings. The largest absolute Gasteiger partial charge is 0.313 e. The highest BCUT2D eigenvalue weighted by Gasteiger charge is 2.27. The Balaban J connectivity index is 0.00000256. The van der Waals surface area contributed by atoms with Crippen LogP contribution in [-0.2, 0) is 10.2 Å². The molecule has 1 fully saturated rings. The molecule has 1 heterocycles. The molecule has 0 amide bonds. The molecule has 0 bridgehead atoms. The third-order valence-electron chi connectivity index (χ3n) is 3.11. The SMILES string of the molecule is CCN(CC)S(=O)(=O)NC1CCCNC1C.Cl. The first-order chi connectivity index (χ1) is 7.51. The molecule has 2 unspecified atom stereocenters. The first-order valence-corrected chi connectivity index (χ1v) is 7.46. The smallest absolute Gasteiger partial charge is 0.279 e. The topological polar surface area (TPSA) is 61.4 Å². The number of piperidine rings is 1. The van der Waals surface area contributed by atoms with Crippen molar-refractivity contribution in [3.8, 4) is 0 Å². The Kier molecular flexibility index (Phi) is 7.58. The quantitative estimate of drug-likeness (QED) is 0.783. The van der Waals surface area contributed by atoms with Gasteiger partial charge in [-0.3, -0.25) is 0 Å². The molecule has 7 heteroatoms. The van der Waals surface area contributed by atoms with Crippen LogP contribution in [0.4, 0.5) is 0 Å². The summed E-state index contributed by atoms with van der Waals surface area (Å²) in [5.41, 5.74) is 0. The third-order valence-corrected chi connectivity index (χ3v) is 4.90. The number of nitrogens with zero attached hydrogens (tertiary/aromatic N) is 1. The molecule has 0 saturated carbocycles. The Morgan fingerprint density at radius 3 is 2.41 bits per heavy atom. The van der Waals surface area contributed by atoms with Crippen LogP contribution in [0.2, 0.25) is 0 Å². The minimum atomic E-state index is -3.31. The van der Waals surface area contributed by atoms with Gasteiger partial charge >= 0.3 is 0 Å². The van der Waals surface area contributed by atoms with Crippen LogP contribution in [0.5, 0.6) is 0 Å². The van der Waals surface area contributed by atoms with Gasteiger partial charge in [0.2, 0.25) is 0 Å². The van der Waals surface area contributed by atoms with E-state index in [1.54, 1.807) is 0 Å². The Morgan fingerprint density at radius 1 is 1.35 bits per heavy atom. The summed E-state index contributed by atoms with van der Waals surface area (Å²) < 4.78 is 28.2. The molecule has 0 aliphatic carbocycles. The van der Waals surface area contributed by atoms with Crippen molar-refractivity contribution in [2.75, 3.05) is 19.6 Å². The summed E-state index contributed by atoms with van der Waals surface area (Å²) in [6.07, 6.45) is 1.93. The molecule has 1 saturated heterocycles. The predicted molar refractivity (Wildman–Crippen MR) is 72.7 cm³/mol. The van der Waals surface area contributed by atoms with E-state index in [4.69, 9.17) is 0 Å². The van der Waals surface area contributed by atoms with E-state index >= 15 is 0 Å². The number of halogens is 1. The van der Waals surface area contributed by atoms with Gasteiger partial charge in [-0.2, -0.15) is 17.4 Å². The number of hydrogen-bond donors (Lipinski definition) is 2. The Bertz CT molecular complexity index is 307. The van der Waals surface area contributed by atoms with E-state index in [-0.39, 0.29) is 24.5 Å². The van der Waals surface area contributed by atoms with Crippen LogP contribution in [0.25, 0.3) is 0 Å². The Labute approximate surface area is 111 Å². The Morgan fingerprint density at radius 2 is 1.94 bits per heavy atom. The standard InChI is InChI=1S/C10H23N3O2S.ClH/c1-4-13(5-2)16(14,15)12-10-7-6-8-11-9(10)3;/h9-12H,4-8H2,1-3H3;1H. The summed E-state index contributed by atoms with van der Waals surface area (Å²) in [4.78, 5) is 0. The van der Waals surface area contributed by atoms with Gasteiger partial charge in [-0.05, 0) is 26.3 Å². The molecule has 2 N–H and O–H groups in total. The van der Waals surface area contributed by atoms with Gasteiger partial charge in [0.05, 0.1) is 0 Å². The van der Waals surface area contributed by atoms with E-state index in [9.17, 15) is 8.42 Å². The zero-order valence-corrected chi connectivity index (χ0v) is 12.4. The summed E-state index contributed by atoms with van der Waals surface area (Å²) in [7, 11) is -3.31.